The highest BCUT2D eigenvalue weighted by atomic mass is 16.5. The van der Waals surface area contributed by atoms with E-state index in [1.165, 1.54) is 25.3 Å². The lowest BCUT2D eigenvalue weighted by Gasteiger charge is -2.29. The smallest absolute Gasteiger partial charge is 0.174 e. The van der Waals surface area contributed by atoms with Gasteiger partial charge in [-0.3, -0.25) is 4.79 Å². The highest BCUT2D eigenvalue weighted by Crippen LogP contribution is 2.46. The lowest BCUT2D eigenvalue weighted by Crippen LogP contribution is -2.22. The monoisotopic (exact) mass is 392 g/mol. The van der Waals surface area contributed by atoms with Crippen molar-refractivity contribution in [3.63, 3.8) is 0 Å². The van der Waals surface area contributed by atoms with Crippen molar-refractivity contribution < 1.29 is 29.6 Å². The van der Waals surface area contributed by atoms with Gasteiger partial charge in [0.05, 0.1) is 13.5 Å². The van der Waals surface area contributed by atoms with E-state index in [0.29, 0.717) is 16.9 Å². The molecule has 0 unspecified atom stereocenters. The zero-order valence-electron chi connectivity index (χ0n) is 15.8. The van der Waals surface area contributed by atoms with Crippen molar-refractivity contribution in [2.75, 3.05) is 7.11 Å². The number of phenols is 3. The molecule has 0 bridgehead atoms. The van der Waals surface area contributed by atoms with E-state index >= 15 is 0 Å². The van der Waals surface area contributed by atoms with Gasteiger partial charge in [0.1, 0.15) is 40.4 Å². The molecule has 0 aliphatic carbocycles. The molecule has 6 heteroatoms. The van der Waals surface area contributed by atoms with Gasteiger partial charge in [0.2, 0.25) is 0 Å². The molecule has 0 spiro atoms. The van der Waals surface area contributed by atoms with E-state index in [1.807, 2.05) is 0 Å². The molecule has 1 heterocycles. The highest BCUT2D eigenvalue weighted by molar-refractivity contribution is 6.03. The quantitative estimate of drug-likeness (QED) is 0.618. The number of Topliss-reactive ketones (excluding diaryl/α,β-unsaturated/α-hetero) is 1. The second kappa shape index (κ2) is 7.39. The van der Waals surface area contributed by atoms with Crippen molar-refractivity contribution in [1.29, 1.82) is 0 Å². The number of phenolic OH excluding ortho intramolecular Hbond substituents is 3. The van der Waals surface area contributed by atoms with Gasteiger partial charge >= 0.3 is 0 Å². The number of aromatic hydroxyl groups is 3. The Labute approximate surface area is 167 Å². The predicted octanol–water partition coefficient (Wildman–Crippen LogP) is 4.11. The van der Waals surface area contributed by atoms with Crippen LogP contribution in [0.5, 0.6) is 28.7 Å². The minimum Gasteiger partial charge on any atom is -0.508 e. The minimum atomic E-state index is -0.565. The van der Waals surface area contributed by atoms with Crippen molar-refractivity contribution in [1.82, 2.24) is 0 Å². The maximum atomic E-state index is 12.8. The molecule has 6 nitrogen and oxygen atoms in total. The Morgan fingerprint density at radius 1 is 1.03 bits per heavy atom. The van der Waals surface area contributed by atoms with E-state index in [9.17, 15) is 20.1 Å². The average molecular weight is 392 g/mol. The molecule has 0 fully saturated rings. The normalized spacial score (nSPS) is 15.5. The zero-order valence-corrected chi connectivity index (χ0v) is 15.8. The van der Waals surface area contributed by atoms with E-state index in [0.717, 1.165) is 5.56 Å². The summed E-state index contributed by atoms with van der Waals surface area (Å²) in [6.07, 6.45) is -0.243. The van der Waals surface area contributed by atoms with E-state index in [4.69, 9.17) is 9.47 Å². The fraction of sp³-hybridized carbons (Fsp3) is 0.174. The van der Waals surface area contributed by atoms with Crippen molar-refractivity contribution in [2.45, 2.75) is 18.9 Å². The summed E-state index contributed by atoms with van der Waals surface area (Å²) >= 11 is 0. The summed E-state index contributed by atoms with van der Waals surface area (Å²) in [5, 5.41) is 30.1. The molecule has 3 aromatic rings. The first kappa shape index (κ1) is 18.7. The van der Waals surface area contributed by atoms with Crippen LogP contribution in [-0.2, 0) is 6.42 Å². The van der Waals surface area contributed by atoms with Crippen molar-refractivity contribution >= 4 is 5.78 Å². The number of benzene rings is 3. The number of carbonyl (C=O) groups is 1. The van der Waals surface area contributed by atoms with Crippen LogP contribution in [0.4, 0.5) is 0 Å². The largest absolute Gasteiger partial charge is 0.508 e. The second-order valence-electron chi connectivity index (χ2n) is 6.91. The molecular formula is C23H20O6. The first-order chi connectivity index (χ1) is 14.0. The number of para-hydroxylation sites is 1. The first-order valence-corrected chi connectivity index (χ1v) is 9.16. The molecule has 3 N–H and O–H groups in total. The van der Waals surface area contributed by atoms with Crippen molar-refractivity contribution in [3.8, 4) is 28.7 Å². The number of rotatable bonds is 4. The average Bonchev–Trinajstić information content (AvgIpc) is 2.71. The van der Waals surface area contributed by atoms with Gasteiger partial charge in [0.25, 0.3) is 0 Å². The molecule has 1 aliphatic rings. The number of ether oxygens (including phenoxy) is 2. The van der Waals surface area contributed by atoms with Crippen LogP contribution in [0.1, 0.15) is 39.6 Å². The Balaban J connectivity index is 1.82. The predicted molar refractivity (Wildman–Crippen MR) is 106 cm³/mol. The van der Waals surface area contributed by atoms with Crippen LogP contribution in [0.2, 0.25) is 0 Å². The number of ketones is 1. The van der Waals surface area contributed by atoms with Gasteiger partial charge in [0.15, 0.2) is 5.78 Å². The summed E-state index contributed by atoms with van der Waals surface area (Å²) in [4.78, 5) is 12.8. The van der Waals surface area contributed by atoms with Crippen LogP contribution in [0.3, 0.4) is 0 Å². The molecule has 148 valence electrons. The fourth-order valence-corrected chi connectivity index (χ4v) is 3.59. The highest BCUT2D eigenvalue weighted by Gasteiger charge is 2.34. The zero-order chi connectivity index (χ0) is 20.5. The second-order valence-corrected chi connectivity index (χ2v) is 6.91. The van der Waals surface area contributed by atoms with Gasteiger partial charge in [-0.2, -0.15) is 0 Å². The van der Waals surface area contributed by atoms with Gasteiger partial charge < -0.3 is 24.8 Å². The van der Waals surface area contributed by atoms with Crippen molar-refractivity contribution in [2.24, 2.45) is 0 Å². The Morgan fingerprint density at radius 2 is 1.76 bits per heavy atom. The summed E-state index contributed by atoms with van der Waals surface area (Å²) in [7, 11) is 1.47. The number of hydrogen-bond acceptors (Lipinski definition) is 6. The van der Waals surface area contributed by atoms with Gasteiger partial charge in [-0.25, -0.2) is 0 Å². The first-order valence-electron chi connectivity index (χ1n) is 9.16. The van der Waals surface area contributed by atoms with E-state index in [2.05, 4.69) is 0 Å². The Bertz CT molecular complexity index is 1070. The number of methoxy groups -OCH3 is 1. The van der Waals surface area contributed by atoms with Crippen LogP contribution in [0, 0.1) is 0 Å². The van der Waals surface area contributed by atoms with Gasteiger partial charge in [-0.1, -0.05) is 30.3 Å². The molecule has 0 radical (unpaired) electrons. The summed E-state index contributed by atoms with van der Waals surface area (Å²) in [6.45, 7) is 0. The topological polar surface area (TPSA) is 96.2 Å². The fourth-order valence-electron chi connectivity index (χ4n) is 3.59. The Morgan fingerprint density at radius 3 is 2.45 bits per heavy atom. The number of hydrogen-bond donors (Lipinski definition) is 3. The maximum absolute atomic E-state index is 12.8. The van der Waals surface area contributed by atoms with Gasteiger partial charge in [-0.15, -0.1) is 0 Å². The Kier molecular flexibility index (Phi) is 4.76. The van der Waals surface area contributed by atoms with Crippen LogP contribution in [-0.4, -0.2) is 28.2 Å². The van der Waals surface area contributed by atoms with Crippen LogP contribution in [0.15, 0.2) is 54.6 Å². The molecule has 0 saturated heterocycles. The molecule has 3 aromatic carbocycles. The molecule has 1 aliphatic heterocycles. The van der Waals surface area contributed by atoms with E-state index < -0.39 is 6.10 Å². The lowest BCUT2D eigenvalue weighted by atomic mass is 9.91. The summed E-state index contributed by atoms with van der Waals surface area (Å²) in [5.41, 5.74) is 2.06. The third kappa shape index (κ3) is 3.45. The number of carbonyl (C=O) groups excluding carboxylic acids is 1. The lowest BCUT2D eigenvalue weighted by molar-refractivity contribution is 0.0842. The molecule has 4 rings (SSSR count). The Hall–Kier alpha value is -3.67. The third-order valence-electron chi connectivity index (χ3n) is 5.08. The van der Waals surface area contributed by atoms with E-state index in [-0.39, 0.29) is 47.2 Å². The summed E-state index contributed by atoms with van der Waals surface area (Å²) in [6, 6.07) is 14.7. The molecule has 0 saturated carbocycles. The summed E-state index contributed by atoms with van der Waals surface area (Å²) in [5.74, 6) is 0.405. The molecule has 1 atom stereocenters. The van der Waals surface area contributed by atoms with Crippen LogP contribution in [0.25, 0.3) is 0 Å². The molecule has 29 heavy (non-hydrogen) atoms. The third-order valence-corrected chi connectivity index (χ3v) is 5.08. The van der Waals surface area contributed by atoms with E-state index in [1.54, 1.807) is 36.4 Å². The van der Waals surface area contributed by atoms with Crippen LogP contribution < -0.4 is 9.47 Å². The standard InChI is InChI=1S/C23H20O6/c1-28-21-12-19(27)22-18(26)11-20(13-6-8-15(24)9-7-13)29-23(22)16(21)10-14-4-2-3-5-17(14)25/h2-9,12,20,24-25,27H,10-11H2,1H3/t20-/m0/s1. The molecule has 0 aromatic heterocycles. The maximum Gasteiger partial charge on any atom is 0.174 e. The van der Waals surface area contributed by atoms with Gasteiger partial charge in [-0.05, 0) is 29.3 Å². The van der Waals surface area contributed by atoms with Crippen molar-refractivity contribution in [3.05, 3.63) is 76.9 Å². The summed E-state index contributed by atoms with van der Waals surface area (Å²) < 4.78 is 11.6. The van der Waals surface area contributed by atoms with Gasteiger partial charge in [0, 0.05) is 18.1 Å². The molecular weight excluding hydrogens is 372 g/mol. The SMILES string of the molecule is COc1cc(O)c2c(c1Cc1ccccc1O)O[C@H](c1ccc(O)cc1)CC2=O. The van der Waals surface area contributed by atoms with Crippen LogP contribution >= 0.6 is 0 Å². The minimum absolute atomic E-state index is 0.0632. The molecule has 0 amide bonds. The number of fused-ring (bicyclic) bond motifs is 1.